The summed E-state index contributed by atoms with van der Waals surface area (Å²) >= 11 is 0.378. The summed E-state index contributed by atoms with van der Waals surface area (Å²) in [4.78, 5) is 38.9. The summed E-state index contributed by atoms with van der Waals surface area (Å²) in [7, 11) is 0. The van der Waals surface area contributed by atoms with E-state index in [1.165, 1.54) is 48.5 Å². The Morgan fingerprint density at radius 1 is 1.13 bits per heavy atom. The number of urea groups is 1. The Morgan fingerprint density at radius 2 is 1.77 bits per heavy atom. The molecule has 1 atom stereocenters. The largest absolute Gasteiger partial charge is 0.325 e. The van der Waals surface area contributed by atoms with Gasteiger partial charge in [-0.1, -0.05) is 30.8 Å². The topological polar surface area (TPSA) is 78.5 Å². The minimum absolute atomic E-state index is 0.213. The summed E-state index contributed by atoms with van der Waals surface area (Å²) in [6.07, 6.45) is 0.213. The number of carbonyl (C=O) groups is 3. The zero-order valence-electron chi connectivity index (χ0n) is 15.8. The molecule has 0 aliphatic carbocycles. The maximum absolute atomic E-state index is 13.2. The molecule has 1 saturated heterocycles. The highest BCUT2D eigenvalue weighted by Gasteiger charge is 2.51. The number of rotatable bonds is 7. The number of hydrogen-bond acceptors (Lipinski definition) is 4. The minimum Gasteiger partial charge on any atom is -0.325 e. The van der Waals surface area contributed by atoms with Crippen LogP contribution >= 0.6 is 11.8 Å². The smallest absolute Gasteiger partial charge is 0.325 e. The average Bonchev–Trinajstić information content (AvgIpc) is 2.95. The number of anilines is 1. The lowest BCUT2D eigenvalue weighted by atomic mass is 9.87. The number of nitrogens with one attached hydrogen (secondary N) is 2. The molecule has 6 nitrogen and oxygen atoms in total. The number of benzene rings is 2. The molecular formula is C20H18F3N3O3S. The van der Waals surface area contributed by atoms with E-state index in [9.17, 15) is 27.6 Å². The highest BCUT2D eigenvalue weighted by Crippen LogP contribution is 2.32. The van der Waals surface area contributed by atoms with Crippen LogP contribution in [0.1, 0.15) is 18.9 Å². The van der Waals surface area contributed by atoms with Crippen molar-refractivity contribution >= 4 is 35.3 Å². The Morgan fingerprint density at radius 3 is 2.33 bits per heavy atom. The maximum atomic E-state index is 13.2. The van der Waals surface area contributed by atoms with Crippen LogP contribution in [0.2, 0.25) is 0 Å². The van der Waals surface area contributed by atoms with Crippen molar-refractivity contribution in [1.82, 2.24) is 10.2 Å². The predicted molar refractivity (Wildman–Crippen MR) is 106 cm³/mol. The van der Waals surface area contributed by atoms with Crippen molar-refractivity contribution in [3.63, 3.8) is 0 Å². The molecule has 1 fully saturated rings. The van der Waals surface area contributed by atoms with Gasteiger partial charge >= 0.3 is 6.03 Å². The van der Waals surface area contributed by atoms with E-state index in [0.29, 0.717) is 27.9 Å². The van der Waals surface area contributed by atoms with Crippen LogP contribution in [0, 0.1) is 5.82 Å². The number of halogens is 3. The molecule has 2 aromatic rings. The molecule has 0 radical (unpaired) electrons. The first-order valence-corrected chi connectivity index (χ1v) is 9.88. The fraction of sp³-hybridized carbons (Fsp3) is 0.250. The summed E-state index contributed by atoms with van der Waals surface area (Å²) in [5, 5.41) is 5.13. The quantitative estimate of drug-likeness (QED) is 0.508. The Hall–Kier alpha value is -3.01. The Balaban J connectivity index is 1.70. The molecule has 1 heterocycles. The molecule has 0 bridgehead atoms. The second kappa shape index (κ2) is 8.78. The maximum Gasteiger partial charge on any atom is 0.325 e. The molecular weight excluding hydrogens is 419 g/mol. The summed E-state index contributed by atoms with van der Waals surface area (Å²) in [5.74, 6) is -4.26. The van der Waals surface area contributed by atoms with Crippen LogP contribution in [0.3, 0.4) is 0 Å². The lowest BCUT2D eigenvalue weighted by Gasteiger charge is -2.25. The highest BCUT2D eigenvalue weighted by atomic mass is 32.2. The summed E-state index contributed by atoms with van der Waals surface area (Å²) in [6, 6.07) is 10.2. The van der Waals surface area contributed by atoms with E-state index in [0.717, 1.165) is 4.90 Å². The number of hydrogen-bond donors (Lipinski definition) is 2. The summed E-state index contributed by atoms with van der Waals surface area (Å²) in [6.45, 7) is 1.17. The van der Waals surface area contributed by atoms with E-state index in [1.54, 1.807) is 6.92 Å². The molecule has 2 aromatic carbocycles. The summed E-state index contributed by atoms with van der Waals surface area (Å²) < 4.78 is 38.0. The third-order valence-corrected chi connectivity index (χ3v) is 5.43. The van der Waals surface area contributed by atoms with Gasteiger partial charge in [-0.25, -0.2) is 9.18 Å². The second-order valence-electron chi connectivity index (χ2n) is 6.54. The van der Waals surface area contributed by atoms with E-state index >= 15 is 0 Å². The third-order valence-electron chi connectivity index (χ3n) is 4.71. The van der Waals surface area contributed by atoms with Crippen molar-refractivity contribution in [3.8, 4) is 0 Å². The molecule has 3 rings (SSSR count). The molecule has 1 unspecified atom stereocenters. The first-order valence-electron chi connectivity index (χ1n) is 9.00. The first-order chi connectivity index (χ1) is 14.2. The number of carbonyl (C=O) groups excluding carboxylic acids is 3. The summed E-state index contributed by atoms with van der Waals surface area (Å²) in [5.41, 5.74) is -0.620. The zero-order chi connectivity index (χ0) is 21.9. The molecule has 30 heavy (non-hydrogen) atoms. The van der Waals surface area contributed by atoms with Crippen LogP contribution in [-0.4, -0.2) is 35.0 Å². The fourth-order valence-electron chi connectivity index (χ4n) is 3.21. The molecule has 0 aromatic heterocycles. The second-order valence-corrected chi connectivity index (χ2v) is 7.60. The normalized spacial score (nSPS) is 18.6. The van der Waals surface area contributed by atoms with Crippen molar-refractivity contribution < 1.29 is 27.6 Å². The van der Waals surface area contributed by atoms with Crippen LogP contribution in [0.25, 0.3) is 0 Å². The molecule has 0 saturated carbocycles. The van der Waals surface area contributed by atoms with Crippen molar-refractivity contribution in [1.29, 1.82) is 0 Å². The van der Waals surface area contributed by atoms with Crippen molar-refractivity contribution in [2.45, 2.75) is 29.5 Å². The van der Waals surface area contributed by atoms with Gasteiger partial charge in [-0.15, -0.1) is 0 Å². The number of nitrogens with zero attached hydrogens (tertiary/aromatic N) is 1. The molecule has 2 N–H and O–H groups in total. The molecule has 0 spiro atoms. The van der Waals surface area contributed by atoms with Crippen LogP contribution < -0.4 is 10.6 Å². The predicted octanol–water partition coefficient (Wildman–Crippen LogP) is 3.94. The van der Waals surface area contributed by atoms with Gasteiger partial charge in [0.05, 0.1) is 0 Å². The molecule has 4 amide bonds. The van der Waals surface area contributed by atoms with E-state index in [1.807, 2.05) is 0 Å². The average molecular weight is 437 g/mol. The van der Waals surface area contributed by atoms with Crippen LogP contribution in [0.15, 0.2) is 53.4 Å². The highest BCUT2D eigenvalue weighted by molar-refractivity contribution is 7.99. The molecule has 158 valence electrons. The number of imide groups is 1. The monoisotopic (exact) mass is 437 g/mol. The van der Waals surface area contributed by atoms with E-state index in [-0.39, 0.29) is 6.42 Å². The standard InChI is InChI=1S/C20H18F3N3O3S/c1-2-20(12-3-5-13(21)6-4-12)17(28)26(19(29)25-20)11-16(27)24-14-7-9-15(10-8-14)30-18(22)23/h3-10,18H,2,11H2,1H3,(H,24,27)(H,25,29). The van der Waals surface area contributed by atoms with Gasteiger partial charge in [0.1, 0.15) is 17.9 Å². The van der Waals surface area contributed by atoms with Gasteiger partial charge < -0.3 is 10.6 Å². The van der Waals surface area contributed by atoms with Crippen molar-refractivity contribution in [2.75, 3.05) is 11.9 Å². The lowest BCUT2D eigenvalue weighted by molar-refractivity contribution is -0.134. The van der Waals surface area contributed by atoms with Crippen LogP contribution in [-0.2, 0) is 15.1 Å². The fourth-order valence-corrected chi connectivity index (χ4v) is 3.71. The molecule has 1 aliphatic heterocycles. The number of amides is 4. The Kier molecular flexibility index (Phi) is 6.35. The Labute approximate surface area is 174 Å². The van der Waals surface area contributed by atoms with Crippen LogP contribution in [0.4, 0.5) is 23.7 Å². The van der Waals surface area contributed by atoms with Gasteiger partial charge in [0, 0.05) is 10.6 Å². The van der Waals surface area contributed by atoms with E-state index < -0.39 is 41.5 Å². The number of alkyl halides is 2. The van der Waals surface area contributed by atoms with Crippen molar-refractivity contribution in [3.05, 3.63) is 59.9 Å². The van der Waals surface area contributed by atoms with Gasteiger partial charge in [0.2, 0.25) is 5.91 Å². The van der Waals surface area contributed by atoms with Gasteiger partial charge in [-0.2, -0.15) is 8.78 Å². The molecule has 10 heteroatoms. The zero-order valence-corrected chi connectivity index (χ0v) is 16.6. The SMILES string of the molecule is CCC1(c2ccc(F)cc2)NC(=O)N(CC(=O)Nc2ccc(SC(F)F)cc2)C1=O. The van der Waals surface area contributed by atoms with Gasteiger partial charge in [0.15, 0.2) is 0 Å². The lowest BCUT2D eigenvalue weighted by Crippen LogP contribution is -2.44. The number of thioether (sulfide) groups is 1. The van der Waals surface area contributed by atoms with Crippen molar-refractivity contribution in [2.24, 2.45) is 0 Å². The van der Waals surface area contributed by atoms with Gasteiger partial charge in [-0.3, -0.25) is 14.5 Å². The van der Waals surface area contributed by atoms with E-state index in [4.69, 9.17) is 0 Å². The van der Waals surface area contributed by atoms with Gasteiger partial charge in [0.25, 0.3) is 11.7 Å². The molecule has 1 aliphatic rings. The third kappa shape index (κ3) is 4.43. The van der Waals surface area contributed by atoms with E-state index in [2.05, 4.69) is 10.6 Å². The first kappa shape index (κ1) is 21.7. The van der Waals surface area contributed by atoms with Gasteiger partial charge in [-0.05, 0) is 48.4 Å². The minimum atomic E-state index is -2.55. The van der Waals surface area contributed by atoms with Crippen LogP contribution in [0.5, 0.6) is 0 Å². The Bertz CT molecular complexity index is 954.